The van der Waals surface area contributed by atoms with E-state index in [0.717, 1.165) is 19.4 Å². The zero-order valence-corrected chi connectivity index (χ0v) is 13.3. The Bertz CT molecular complexity index is 668. The van der Waals surface area contributed by atoms with Crippen LogP contribution in [0.2, 0.25) is 5.02 Å². The molecule has 7 heteroatoms. The number of hydrogen-bond donors (Lipinski definition) is 1. The maximum atomic E-state index is 12.0. The van der Waals surface area contributed by atoms with Gasteiger partial charge in [-0.2, -0.15) is 5.10 Å². The maximum Gasteiger partial charge on any atom is 0.271 e. The number of rotatable bonds is 6. The van der Waals surface area contributed by atoms with Crippen molar-refractivity contribution in [2.45, 2.75) is 25.7 Å². The number of halogens is 1. The van der Waals surface area contributed by atoms with Gasteiger partial charge < -0.3 is 14.8 Å². The van der Waals surface area contributed by atoms with E-state index in [0.29, 0.717) is 23.0 Å². The second-order valence-corrected chi connectivity index (χ2v) is 5.75. The second-order valence-electron chi connectivity index (χ2n) is 5.32. The van der Waals surface area contributed by atoms with Crippen molar-refractivity contribution < 1.29 is 14.3 Å². The Hall–Kier alpha value is -2.05. The van der Waals surface area contributed by atoms with Gasteiger partial charge in [-0.05, 0) is 37.1 Å². The summed E-state index contributed by atoms with van der Waals surface area (Å²) in [4.78, 5) is 12.0. The van der Waals surface area contributed by atoms with Gasteiger partial charge >= 0.3 is 0 Å². The van der Waals surface area contributed by atoms with E-state index in [9.17, 15) is 4.79 Å². The third-order valence-corrected chi connectivity index (χ3v) is 3.78. The lowest BCUT2D eigenvalue weighted by atomic mass is 10.2. The van der Waals surface area contributed by atoms with Crippen LogP contribution in [0.4, 0.5) is 0 Å². The highest BCUT2D eigenvalue weighted by molar-refractivity contribution is 6.30. The fraction of sp³-hybridized carbons (Fsp3) is 0.375. The molecule has 0 radical (unpaired) electrons. The summed E-state index contributed by atoms with van der Waals surface area (Å²) < 4.78 is 12.6. The Kier molecular flexibility index (Phi) is 5.15. The molecule has 1 aromatic heterocycles. The van der Waals surface area contributed by atoms with Gasteiger partial charge in [-0.1, -0.05) is 17.7 Å². The van der Waals surface area contributed by atoms with Crippen molar-refractivity contribution in [1.82, 2.24) is 15.1 Å². The number of hydrogen-bond acceptors (Lipinski definition) is 4. The smallest absolute Gasteiger partial charge is 0.271 e. The van der Waals surface area contributed by atoms with E-state index >= 15 is 0 Å². The molecule has 1 atom stereocenters. The van der Waals surface area contributed by atoms with Crippen LogP contribution in [-0.4, -0.2) is 34.9 Å². The van der Waals surface area contributed by atoms with Crippen molar-refractivity contribution in [1.29, 1.82) is 0 Å². The number of benzene rings is 1. The Morgan fingerprint density at radius 2 is 2.39 bits per heavy atom. The van der Waals surface area contributed by atoms with E-state index in [-0.39, 0.29) is 18.7 Å². The Morgan fingerprint density at radius 3 is 3.17 bits per heavy atom. The summed E-state index contributed by atoms with van der Waals surface area (Å²) >= 11 is 5.90. The lowest BCUT2D eigenvalue weighted by Gasteiger charge is -2.09. The van der Waals surface area contributed by atoms with E-state index < -0.39 is 0 Å². The number of carbonyl (C=O) groups excluding carboxylic acids is 1. The maximum absolute atomic E-state index is 12.0. The van der Waals surface area contributed by atoms with Gasteiger partial charge in [-0.3, -0.25) is 4.79 Å². The SMILES string of the molecule is O=C(NC[C@H]1CCCO1)c1ccn(COc2cccc(Cl)c2)n1. The summed E-state index contributed by atoms with van der Waals surface area (Å²) in [7, 11) is 0. The predicted octanol–water partition coefficient (Wildman–Crippen LogP) is 2.48. The molecule has 2 aromatic rings. The number of carbonyl (C=O) groups is 1. The summed E-state index contributed by atoms with van der Waals surface area (Å²) in [5, 5.41) is 7.64. The fourth-order valence-electron chi connectivity index (χ4n) is 2.35. The van der Waals surface area contributed by atoms with Gasteiger partial charge in [-0.25, -0.2) is 4.68 Å². The molecule has 1 saturated heterocycles. The first-order valence-electron chi connectivity index (χ1n) is 7.52. The van der Waals surface area contributed by atoms with Crippen molar-refractivity contribution in [3.05, 3.63) is 47.2 Å². The Labute approximate surface area is 139 Å². The van der Waals surface area contributed by atoms with E-state index in [2.05, 4.69) is 10.4 Å². The molecule has 1 N–H and O–H groups in total. The quantitative estimate of drug-likeness (QED) is 0.880. The van der Waals surface area contributed by atoms with Crippen LogP contribution in [0.25, 0.3) is 0 Å². The summed E-state index contributed by atoms with van der Waals surface area (Å²) in [5.41, 5.74) is 0.359. The summed E-state index contributed by atoms with van der Waals surface area (Å²) in [5.74, 6) is 0.444. The van der Waals surface area contributed by atoms with E-state index in [1.807, 2.05) is 12.1 Å². The molecule has 1 amide bonds. The Morgan fingerprint density at radius 1 is 1.48 bits per heavy atom. The molecule has 0 unspecified atom stereocenters. The van der Waals surface area contributed by atoms with Crippen LogP contribution in [0, 0.1) is 0 Å². The van der Waals surface area contributed by atoms with Gasteiger partial charge in [0.25, 0.3) is 5.91 Å². The average Bonchev–Trinajstić information content (AvgIpc) is 3.22. The Balaban J connectivity index is 1.49. The first-order valence-corrected chi connectivity index (χ1v) is 7.90. The van der Waals surface area contributed by atoms with Gasteiger partial charge in [-0.15, -0.1) is 0 Å². The molecule has 0 spiro atoms. The van der Waals surface area contributed by atoms with E-state index in [1.54, 1.807) is 29.1 Å². The first-order chi connectivity index (χ1) is 11.2. The van der Waals surface area contributed by atoms with Gasteiger partial charge in [0.1, 0.15) is 11.4 Å². The highest BCUT2D eigenvalue weighted by Crippen LogP contribution is 2.17. The van der Waals surface area contributed by atoms with Crippen LogP contribution in [0.3, 0.4) is 0 Å². The predicted molar refractivity (Wildman–Crippen MR) is 85.6 cm³/mol. The molecular weight excluding hydrogens is 318 g/mol. The molecule has 0 saturated carbocycles. The van der Waals surface area contributed by atoms with E-state index in [1.165, 1.54) is 0 Å². The molecule has 1 aromatic carbocycles. The van der Waals surface area contributed by atoms with Crippen LogP contribution in [0.1, 0.15) is 23.3 Å². The monoisotopic (exact) mass is 335 g/mol. The third-order valence-electron chi connectivity index (χ3n) is 3.55. The topological polar surface area (TPSA) is 65.4 Å². The molecule has 23 heavy (non-hydrogen) atoms. The molecular formula is C16H18ClN3O3. The van der Waals surface area contributed by atoms with Gasteiger partial charge in [0, 0.05) is 24.4 Å². The average molecular weight is 336 g/mol. The lowest BCUT2D eigenvalue weighted by molar-refractivity contribution is 0.0852. The molecule has 6 nitrogen and oxygen atoms in total. The van der Waals surface area contributed by atoms with Gasteiger partial charge in [0.05, 0.1) is 6.10 Å². The van der Waals surface area contributed by atoms with Crippen LogP contribution < -0.4 is 10.1 Å². The first kappa shape index (κ1) is 15.8. The summed E-state index contributed by atoms with van der Waals surface area (Å²) in [6.07, 6.45) is 3.86. The minimum absolute atomic E-state index is 0.118. The second kappa shape index (κ2) is 7.48. The number of nitrogens with one attached hydrogen (secondary N) is 1. The van der Waals surface area contributed by atoms with Crippen molar-refractivity contribution in [2.24, 2.45) is 0 Å². The molecule has 0 bridgehead atoms. The lowest BCUT2D eigenvalue weighted by Crippen LogP contribution is -2.32. The van der Waals surface area contributed by atoms with Crippen molar-refractivity contribution in [2.75, 3.05) is 13.2 Å². The van der Waals surface area contributed by atoms with E-state index in [4.69, 9.17) is 21.1 Å². The van der Waals surface area contributed by atoms with Crippen molar-refractivity contribution in [3.63, 3.8) is 0 Å². The highest BCUT2D eigenvalue weighted by atomic mass is 35.5. The van der Waals surface area contributed by atoms with Crippen molar-refractivity contribution in [3.8, 4) is 5.75 Å². The van der Waals surface area contributed by atoms with Crippen LogP contribution in [0.5, 0.6) is 5.75 Å². The van der Waals surface area contributed by atoms with Gasteiger partial charge in [0.15, 0.2) is 6.73 Å². The molecule has 2 heterocycles. The number of aromatic nitrogens is 2. The van der Waals surface area contributed by atoms with Crippen LogP contribution in [0.15, 0.2) is 36.5 Å². The van der Waals surface area contributed by atoms with Crippen molar-refractivity contribution >= 4 is 17.5 Å². The van der Waals surface area contributed by atoms with Crippen LogP contribution >= 0.6 is 11.6 Å². The standard InChI is InChI=1S/C16H18ClN3O3/c17-12-3-1-4-13(9-12)23-11-20-7-6-15(19-20)16(21)18-10-14-5-2-8-22-14/h1,3-4,6-7,9,14H,2,5,8,10-11H2,(H,18,21)/t14-/m1/s1. The number of nitrogens with zero attached hydrogens (tertiary/aromatic N) is 2. The zero-order valence-electron chi connectivity index (χ0n) is 12.6. The van der Waals surface area contributed by atoms with Gasteiger partial charge in [0.2, 0.25) is 0 Å². The summed E-state index contributed by atoms with van der Waals surface area (Å²) in [6, 6.07) is 8.78. The zero-order chi connectivity index (χ0) is 16.1. The molecule has 122 valence electrons. The molecule has 3 rings (SSSR count). The molecule has 1 aliphatic heterocycles. The third kappa shape index (κ3) is 4.46. The minimum Gasteiger partial charge on any atom is -0.471 e. The molecule has 1 aliphatic rings. The number of ether oxygens (including phenoxy) is 2. The normalized spacial score (nSPS) is 17.2. The fourth-order valence-corrected chi connectivity index (χ4v) is 2.53. The molecule has 1 fully saturated rings. The minimum atomic E-state index is -0.206. The number of amides is 1. The molecule has 0 aliphatic carbocycles. The summed E-state index contributed by atoms with van der Waals surface area (Å²) in [6.45, 7) is 1.50. The van der Waals surface area contributed by atoms with Crippen LogP contribution in [-0.2, 0) is 11.5 Å². The largest absolute Gasteiger partial charge is 0.471 e. The highest BCUT2D eigenvalue weighted by Gasteiger charge is 2.17.